The van der Waals surface area contributed by atoms with Gasteiger partial charge in [-0.2, -0.15) is 0 Å². The first-order chi connectivity index (χ1) is 11.3. The summed E-state index contributed by atoms with van der Waals surface area (Å²) in [5.74, 6) is -0.203. The van der Waals surface area contributed by atoms with Crippen LogP contribution in [0.5, 0.6) is 5.75 Å². The van der Waals surface area contributed by atoms with Gasteiger partial charge in [0.05, 0.1) is 11.3 Å². The fourth-order valence-corrected chi connectivity index (χ4v) is 3.83. The molecule has 7 heteroatoms. The Morgan fingerprint density at radius 2 is 1.79 bits per heavy atom. The minimum absolute atomic E-state index is 0.183. The SMILES string of the molecule is CC(=O)c1cc(Cl)ccc1OCC(=O)Nc1c(Br)cc(C)cc1Br. The van der Waals surface area contributed by atoms with Crippen LogP contribution in [0, 0.1) is 6.92 Å². The van der Waals surface area contributed by atoms with Gasteiger partial charge in [0, 0.05) is 14.0 Å². The number of carbonyl (C=O) groups is 2. The average Bonchev–Trinajstić information content (AvgIpc) is 2.49. The number of rotatable bonds is 5. The Kier molecular flexibility index (Phi) is 6.43. The van der Waals surface area contributed by atoms with Gasteiger partial charge in [-0.25, -0.2) is 0 Å². The number of halogens is 3. The van der Waals surface area contributed by atoms with Crippen molar-refractivity contribution >= 4 is 60.8 Å². The van der Waals surface area contributed by atoms with Crippen LogP contribution in [0.25, 0.3) is 0 Å². The Bertz CT molecular complexity index is 785. The van der Waals surface area contributed by atoms with Crippen molar-refractivity contribution in [3.63, 3.8) is 0 Å². The standard InChI is InChI=1S/C17H14Br2ClNO3/c1-9-5-13(18)17(14(19)6-9)21-16(23)8-24-15-4-3-11(20)7-12(15)10(2)22/h3-7H,8H2,1-2H3,(H,21,23). The third-order valence-electron chi connectivity index (χ3n) is 3.13. The molecular formula is C17H14Br2ClNO3. The van der Waals surface area contributed by atoms with Crippen LogP contribution in [0.15, 0.2) is 39.3 Å². The molecule has 0 aromatic heterocycles. The number of benzene rings is 2. The predicted molar refractivity (Wildman–Crippen MR) is 102 cm³/mol. The fourth-order valence-electron chi connectivity index (χ4n) is 2.04. The number of amides is 1. The molecule has 0 aliphatic rings. The molecular weight excluding hydrogens is 461 g/mol. The van der Waals surface area contributed by atoms with Crippen molar-refractivity contribution in [2.75, 3.05) is 11.9 Å². The van der Waals surface area contributed by atoms with Crippen LogP contribution in [0.3, 0.4) is 0 Å². The number of ether oxygens (including phenoxy) is 1. The van der Waals surface area contributed by atoms with Crippen molar-refractivity contribution in [2.45, 2.75) is 13.8 Å². The lowest BCUT2D eigenvalue weighted by Gasteiger charge is -2.13. The summed E-state index contributed by atoms with van der Waals surface area (Å²) in [7, 11) is 0. The molecule has 0 saturated carbocycles. The van der Waals surface area contributed by atoms with E-state index in [2.05, 4.69) is 37.2 Å². The fraction of sp³-hybridized carbons (Fsp3) is 0.176. The van der Waals surface area contributed by atoms with Gasteiger partial charge >= 0.3 is 0 Å². The lowest BCUT2D eigenvalue weighted by atomic mass is 10.1. The summed E-state index contributed by atoms with van der Waals surface area (Å²) in [6.07, 6.45) is 0. The van der Waals surface area contributed by atoms with Gasteiger partial charge in [0.1, 0.15) is 5.75 Å². The van der Waals surface area contributed by atoms with Gasteiger partial charge in [-0.3, -0.25) is 9.59 Å². The van der Waals surface area contributed by atoms with Gasteiger partial charge in [0.25, 0.3) is 5.91 Å². The monoisotopic (exact) mass is 473 g/mol. The molecule has 126 valence electrons. The zero-order valence-corrected chi connectivity index (χ0v) is 16.9. The largest absolute Gasteiger partial charge is 0.483 e. The smallest absolute Gasteiger partial charge is 0.262 e. The van der Waals surface area contributed by atoms with Crippen molar-refractivity contribution in [1.82, 2.24) is 0 Å². The Balaban J connectivity index is 2.09. The summed E-state index contributed by atoms with van der Waals surface area (Å²) in [5, 5.41) is 3.20. The highest BCUT2D eigenvalue weighted by Crippen LogP contribution is 2.32. The maximum Gasteiger partial charge on any atom is 0.262 e. The molecule has 0 aliphatic heterocycles. The lowest BCUT2D eigenvalue weighted by molar-refractivity contribution is -0.118. The lowest BCUT2D eigenvalue weighted by Crippen LogP contribution is -2.21. The molecule has 4 nitrogen and oxygen atoms in total. The van der Waals surface area contributed by atoms with E-state index in [1.165, 1.54) is 13.0 Å². The van der Waals surface area contributed by atoms with Crippen molar-refractivity contribution in [3.05, 3.63) is 55.4 Å². The maximum atomic E-state index is 12.1. The van der Waals surface area contributed by atoms with Crippen molar-refractivity contribution in [2.24, 2.45) is 0 Å². The predicted octanol–water partition coefficient (Wildman–Crippen LogP) is 5.39. The Morgan fingerprint density at radius 3 is 2.38 bits per heavy atom. The number of hydrogen-bond donors (Lipinski definition) is 1. The van der Waals surface area contributed by atoms with E-state index in [-0.39, 0.29) is 18.3 Å². The molecule has 2 aromatic carbocycles. The van der Waals surface area contributed by atoms with Crippen LogP contribution in [-0.2, 0) is 4.79 Å². The molecule has 0 atom stereocenters. The summed E-state index contributed by atoms with van der Waals surface area (Å²) in [5.41, 5.74) is 2.01. The summed E-state index contributed by atoms with van der Waals surface area (Å²) in [4.78, 5) is 23.8. The van der Waals surface area contributed by atoms with Crippen LogP contribution >= 0.6 is 43.5 Å². The highest BCUT2D eigenvalue weighted by atomic mass is 79.9. The molecule has 0 radical (unpaired) electrons. The molecule has 0 unspecified atom stereocenters. The van der Waals surface area contributed by atoms with E-state index in [0.717, 1.165) is 14.5 Å². The zero-order valence-electron chi connectivity index (χ0n) is 13.0. The maximum absolute atomic E-state index is 12.1. The molecule has 24 heavy (non-hydrogen) atoms. The summed E-state index contributed by atoms with van der Waals surface area (Å²) < 4.78 is 6.99. The van der Waals surface area contributed by atoms with E-state index in [1.54, 1.807) is 12.1 Å². The van der Waals surface area contributed by atoms with Gasteiger partial charge in [-0.05, 0) is 81.6 Å². The van der Waals surface area contributed by atoms with Gasteiger partial charge in [-0.15, -0.1) is 0 Å². The van der Waals surface area contributed by atoms with Crippen molar-refractivity contribution in [3.8, 4) is 5.75 Å². The second-order valence-corrected chi connectivity index (χ2v) is 7.28. The van der Waals surface area contributed by atoms with Crippen LogP contribution < -0.4 is 10.1 Å². The minimum atomic E-state index is -0.343. The quantitative estimate of drug-likeness (QED) is 0.590. The van der Waals surface area contributed by atoms with Gasteiger partial charge in [0.15, 0.2) is 12.4 Å². The molecule has 0 aliphatic carbocycles. The summed E-state index contributed by atoms with van der Waals surface area (Å²) in [6.45, 7) is 3.14. The van der Waals surface area contributed by atoms with E-state index in [9.17, 15) is 9.59 Å². The van der Waals surface area contributed by atoms with E-state index in [1.807, 2.05) is 19.1 Å². The van der Waals surface area contributed by atoms with Crippen molar-refractivity contribution < 1.29 is 14.3 Å². The Morgan fingerprint density at radius 1 is 1.17 bits per heavy atom. The van der Waals surface area contributed by atoms with Gasteiger partial charge < -0.3 is 10.1 Å². The topological polar surface area (TPSA) is 55.4 Å². The highest BCUT2D eigenvalue weighted by molar-refractivity contribution is 9.11. The third-order valence-corrected chi connectivity index (χ3v) is 4.62. The summed E-state index contributed by atoms with van der Waals surface area (Å²) in [6, 6.07) is 8.49. The number of anilines is 1. The number of aryl methyl sites for hydroxylation is 1. The summed E-state index contributed by atoms with van der Waals surface area (Å²) >= 11 is 12.7. The minimum Gasteiger partial charge on any atom is -0.483 e. The molecule has 0 heterocycles. The number of Topliss-reactive ketones (excluding diaryl/α,β-unsaturated/α-hetero) is 1. The number of hydrogen-bond acceptors (Lipinski definition) is 3. The van der Waals surface area contributed by atoms with Gasteiger partial charge in [-0.1, -0.05) is 11.6 Å². The van der Waals surface area contributed by atoms with E-state index < -0.39 is 0 Å². The molecule has 0 fully saturated rings. The number of ketones is 1. The molecule has 2 aromatic rings. The zero-order chi connectivity index (χ0) is 17.9. The molecule has 2 rings (SSSR count). The Hall–Kier alpha value is -1.37. The van der Waals surface area contributed by atoms with E-state index in [4.69, 9.17) is 16.3 Å². The molecule has 1 N–H and O–H groups in total. The average molecular weight is 476 g/mol. The first-order valence-electron chi connectivity index (χ1n) is 6.96. The number of carbonyl (C=O) groups excluding carboxylic acids is 2. The first kappa shape index (κ1) is 19.0. The molecule has 0 saturated heterocycles. The second kappa shape index (κ2) is 8.14. The number of nitrogens with one attached hydrogen (secondary N) is 1. The van der Waals surface area contributed by atoms with Crippen molar-refractivity contribution in [1.29, 1.82) is 0 Å². The van der Waals surface area contributed by atoms with Gasteiger partial charge in [0.2, 0.25) is 0 Å². The van der Waals surface area contributed by atoms with Crippen LogP contribution in [0.1, 0.15) is 22.8 Å². The van der Waals surface area contributed by atoms with Crippen LogP contribution in [0.4, 0.5) is 5.69 Å². The van der Waals surface area contributed by atoms with E-state index >= 15 is 0 Å². The second-order valence-electron chi connectivity index (χ2n) is 5.14. The van der Waals surface area contributed by atoms with E-state index in [0.29, 0.717) is 22.0 Å². The van der Waals surface area contributed by atoms with Crippen LogP contribution in [0.2, 0.25) is 5.02 Å². The van der Waals surface area contributed by atoms with Crippen LogP contribution in [-0.4, -0.2) is 18.3 Å². The third kappa shape index (κ3) is 4.82. The Labute approximate surface area is 161 Å². The first-order valence-corrected chi connectivity index (χ1v) is 8.93. The molecule has 0 spiro atoms. The molecule has 0 bridgehead atoms. The molecule has 1 amide bonds. The highest BCUT2D eigenvalue weighted by Gasteiger charge is 2.13. The normalized spacial score (nSPS) is 10.4.